The second-order valence-electron chi connectivity index (χ2n) is 6.22. The highest BCUT2D eigenvalue weighted by molar-refractivity contribution is 5.79. The third-order valence-electron chi connectivity index (χ3n) is 3.80. The lowest BCUT2D eigenvalue weighted by molar-refractivity contribution is -0.183. The highest BCUT2D eigenvalue weighted by Crippen LogP contribution is 2.35. The summed E-state index contributed by atoms with van der Waals surface area (Å²) < 4.78 is 16.5. The molecule has 2 aliphatic rings. The molecular weight excluding hydrogens is 268 g/mol. The smallest absolute Gasteiger partial charge is 0.339 e. The number of unbranched alkanes of at least 4 members (excludes halogenated alkanes) is 6. The Morgan fingerprint density at radius 2 is 1.81 bits per heavy atom. The molecule has 0 spiro atoms. The molecule has 2 aliphatic heterocycles. The van der Waals surface area contributed by atoms with Crippen LogP contribution in [0.1, 0.15) is 65.7 Å². The van der Waals surface area contributed by atoms with Crippen molar-refractivity contribution in [2.75, 3.05) is 0 Å². The molecule has 0 aliphatic carbocycles. The van der Waals surface area contributed by atoms with Crippen LogP contribution in [0.5, 0.6) is 0 Å². The molecular formula is C17H26O4. The maximum Gasteiger partial charge on any atom is 0.339 e. The van der Waals surface area contributed by atoms with Gasteiger partial charge in [-0.25, -0.2) is 4.79 Å². The fraction of sp³-hybridized carbons (Fsp3) is 0.824. The maximum absolute atomic E-state index is 11.7. The van der Waals surface area contributed by atoms with Gasteiger partial charge in [-0.1, -0.05) is 50.9 Å². The minimum absolute atomic E-state index is 0.357. The Labute approximate surface area is 127 Å². The monoisotopic (exact) mass is 294 g/mol. The zero-order chi connectivity index (χ0) is 15.3. The largest absolute Gasteiger partial charge is 0.444 e. The third kappa shape index (κ3) is 4.46. The highest BCUT2D eigenvalue weighted by Gasteiger charge is 2.55. The van der Waals surface area contributed by atoms with Crippen LogP contribution in [-0.4, -0.2) is 30.1 Å². The van der Waals surface area contributed by atoms with Crippen LogP contribution in [0.15, 0.2) is 0 Å². The van der Waals surface area contributed by atoms with Crippen LogP contribution in [0.4, 0.5) is 0 Å². The van der Waals surface area contributed by atoms with Gasteiger partial charge in [0.2, 0.25) is 0 Å². The van der Waals surface area contributed by atoms with Crippen molar-refractivity contribution in [2.24, 2.45) is 0 Å². The molecule has 4 nitrogen and oxygen atoms in total. The molecule has 0 unspecified atom stereocenters. The normalized spacial score (nSPS) is 29.7. The first-order valence-electron chi connectivity index (χ1n) is 8.08. The van der Waals surface area contributed by atoms with E-state index in [0.717, 1.165) is 12.8 Å². The zero-order valence-corrected chi connectivity index (χ0v) is 13.3. The summed E-state index contributed by atoms with van der Waals surface area (Å²) >= 11 is 0. The van der Waals surface area contributed by atoms with Gasteiger partial charge in [-0.3, -0.25) is 0 Å². The lowest BCUT2D eigenvalue weighted by atomic mass is 10.1. The summed E-state index contributed by atoms with van der Waals surface area (Å²) in [4.78, 5) is 11.7. The van der Waals surface area contributed by atoms with Gasteiger partial charge in [-0.2, -0.15) is 0 Å². The summed E-state index contributed by atoms with van der Waals surface area (Å²) in [6.07, 6.45) is 6.88. The van der Waals surface area contributed by atoms with Crippen LogP contribution in [0.3, 0.4) is 0 Å². The van der Waals surface area contributed by atoms with Crippen molar-refractivity contribution < 1.29 is 19.0 Å². The van der Waals surface area contributed by atoms with E-state index >= 15 is 0 Å². The van der Waals surface area contributed by atoms with Gasteiger partial charge in [0.05, 0.1) is 0 Å². The van der Waals surface area contributed by atoms with E-state index in [1.165, 1.54) is 32.1 Å². The number of ether oxygens (including phenoxy) is 3. The van der Waals surface area contributed by atoms with Crippen molar-refractivity contribution in [3.8, 4) is 11.8 Å². The number of carbonyl (C=O) groups excluding carboxylic acids is 1. The topological polar surface area (TPSA) is 44.8 Å². The predicted molar refractivity (Wildman–Crippen MR) is 79.5 cm³/mol. The molecule has 0 aromatic heterocycles. The standard InChI is InChI=1S/C17H26O4/c1-4-5-6-7-8-9-10-11-12-13-14-15(16(18)19-13)21-17(2,3)20-14/h13-15H,4-10H2,1-3H3/t13-,14-,15-/m0/s1. The van der Waals surface area contributed by atoms with E-state index in [0.29, 0.717) is 0 Å². The number of cyclic esters (lactones) is 1. The molecule has 21 heavy (non-hydrogen) atoms. The quantitative estimate of drug-likeness (QED) is 0.429. The van der Waals surface area contributed by atoms with Gasteiger partial charge in [0.15, 0.2) is 18.0 Å². The molecule has 0 bridgehead atoms. The van der Waals surface area contributed by atoms with Crippen LogP contribution in [0.25, 0.3) is 0 Å². The summed E-state index contributed by atoms with van der Waals surface area (Å²) in [6, 6.07) is 0. The molecule has 0 aromatic carbocycles. The Balaban J connectivity index is 1.72. The van der Waals surface area contributed by atoms with Gasteiger partial charge >= 0.3 is 5.97 Å². The molecule has 0 aromatic rings. The summed E-state index contributed by atoms with van der Waals surface area (Å²) in [6.45, 7) is 5.83. The van der Waals surface area contributed by atoms with Crippen molar-refractivity contribution in [1.82, 2.24) is 0 Å². The summed E-state index contributed by atoms with van der Waals surface area (Å²) in [7, 11) is 0. The average molecular weight is 294 g/mol. The van der Waals surface area contributed by atoms with E-state index in [4.69, 9.17) is 14.2 Å². The molecule has 4 heteroatoms. The van der Waals surface area contributed by atoms with Crippen LogP contribution in [0, 0.1) is 11.8 Å². The van der Waals surface area contributed by atoms with Crippen molar-refractivity contribution in [2.45, 2.75) is 89.8 Å². The Morgan fingerprint density at radius 1 is 1.10 bits per heavy atom. The molecule has 2 heterocycles. The van der Waals surface area contributed by atoms with Gasteiger partial charge in [0.25, 0.3) is 0 Å². The first kappa shape index (κ1) is 16.3. The van der Waals surface area contributed by atoms with Crippen LogP contribution >= 0.6 is 0 Å². The molecule has 0 amide bonds. The Morgan fingerprint density at radius 3 is 2.57 bits per heavy atom. The Kier molecular flexibility index (Phi) is 5.66. The second kappa shape index (κ2) is 7.29. The molecule has 2 rings (SSSR count). The van der Waals surface area contributed by atoms with Gasteiger partial charge in [-0.05, 0) is 20.3 Å². The minimum Gasteiger partial charge on any atom is -0.444 e. The van der Waals surface area contributed by atoms with Gasteiger partial charge in [0.1, 0.15) is 6.10 Å². The number of hydrogen-bond donors (Lipinski definition) is 0. The molecule has 0 saturated carbocycles. The highest BCUT2D eigenvalue weighted by atomic mass is 16.8. The molecule has 3 atom stereocenters. The zero-order valence-electron chi connectivity index (χ0n) is 13.3. The summed E-state index contributed by atoms with van der Waals surface area (Å²) in [5.41, 5.74) is 0. The van der Waals surface area contributed by atoms with E-state index in [1.807, 2.05) is 0 Å². The second-order valence-corrected chi connectivity index (χ2v) is 6.22. The number of rotatable bonds is 6. The van der Waals surface area contributed by atoms with Crippen molar-refractivity contribution in [1.29, 1.82) is 0 Å². The van der Waals surface area contributed by atoms with Gasteiger partial charge in [-0.15, -0.1) is 0 Å². The van der Waals surface area contributed by atoms with Crippen LogP contribution in [-0.2, 0) is 19.0 Å². The molecule has 0 radical (unpaired) electrons. The number of carbonyl (C=O) groups is 1. The number of fused-ring (bicyclic) bond motifs is 1. The molecule has 0 N–H and O–H groups in total. The van der Waals surface area contributed by atoms with E-state index in [1.54, 1.807) is 13.8 Å². The van der Waals surface area contributed by atoms with E-state index in [2.05, 4.69) is 18.8 Å². The Bertz CT molecular complexity index is 418. The van der Waals surface area contributed by atoms with Gasteiger partial charge in [0, 0.05) is 6.42 Å². The van der Waals surface area contributed by atoms with Crippen molar-refractivity contribution in [3.05, 3.63) is 0 Å². The first-order chi connectivity index (χ1) is 10.0. The Hall–Kier alpha value is -1.05. The average Bonchev–Trinajstić information content (AvgIpc) is 2.88. The van der Waals surface area contributed by atoms with E-state index < -0.39 is 18.0 Å². The van der Waals surface area contributed by atoms with Crippen molar-refractivity contribution >= 4 is 5.97 Å². The fourth-order valence-electron chi connectivity index (χ4n) is 2.73. The van der Waals surface area contributed by atoms with E-state index in [9.17, 15) is 4.79 Å². The predicted octanol–water partition coefficient (Wildman–Crippen LogP) is 3.19. The first-order valence-corrected chi connectivity index (χ1v) is 8.08. The number of hydrogen-bond acceptors (Lipinski definition) is 4. The van der Waals surface area contributed by atoms with Crippen molar-refractivity contribution in [3.63, 3.8) is 0 Å². The third-order valence-corrected chi connectivity index (χ3v) is 3.80. The number of esters is 1. The SMILES string of the molecule is CCCCCCCCC#C[C@@H]1OC(=O)[C@H]2OC(C)(C)O[C@@H]12. The molecule has 2 saturated heterocycles. The lowest BCUT2D eigenvalue weighted by Crippen LogP contribution is -2.28. The van der Waals surface area contributed by atoms with Crippen LogP contribution < -0.4 is 0 Å². The summed E-state index contributed by atoms with van der Waals surface area (Å²) in [5.74, 6) is 5.06. The fourth-order valence-corrected chi connectivity index (χ4v) is 2.73. The van der Waals surface area contributed by atoms with E-state index in [-0.39, 0.29) is 12.1 Å². The van der Waals surface area contributed by atoms with Crippen LogP contribution in [0.2, 0.25) is 0 Å². The molecule has 2 fully saturated rings. The summed E-state index contributed by atoms with van der Waals surface area (Å²) in [5, 5.41) is 0. The van der Waals surface area contributed by atoms with Gasteiger partial charge < -0.3 is 14.2 Å². The maximum atomic E-state index is 11.7. The lowest BCUT2D eigenvalue weighted by Gasteiger charge is -2.19. The molecule has 118 valence electrons. The minimum atomic E-state index is -0.728.